The van der Waals surface area contributed by atoms with Crippen molar-refractivity contribution in [3.05, 3.63) is 0 Å². The van der Waals surface area contributed by atoms with Crippen molar-refractivity contribution in [2.45, 2.75) is 71.3 Å². The van der Waals surface area contributed by atoms with Crippen LogP contribution in [0.1, 0.15) is 65.2 Å². The first-order valence-corrected chi connectivity index (χ1v) is 7.36. The molecule has 3 aliphatic rings. The van der Waals surface area contributed by atoms with Gasteiger partial charge in [0.2, 0.25) is 0 Å². The van der Waals surface area contributed by atoms with Gasteiger partial charge in [0.15, 0.2) is 0 Å². The van der Waals surface area contributed by atoms with E-state index in [1.807, 2.05) is 0 Å². The maximum atomic E-state index is 3.94. The van der Waals surface area contributed by atoms with E-state index in [2.05, 4.69) is 19.2 Å². The summed E-state index contributed by atoms with van der Waals surface area (Å²) >= 11 is 0. The zero-order valence-corrected chi connectivity index (χ0v) is 11.0. The minimum Gasteiger partial charge on any atom is -0.313 e. The van der Waals surface area contributed by atoms with Crippen LogP contribution in [0.2, 0.25) is 0 Å². The minimum atomic E-state index is 0.540. The summed E-state index contributed by atoms with van der Waals surface area (Å²) in [6.45, 7) is 6.24. The predicted molar refractivity (Wildman–Crippen MR) is 68.4 cm³/mol. The van der Waals surface area contributed by atoms with Gasteiger partial charge in [0, 0.05) is 12.6 Å². The average molecular weight is 221 g/mol. The molecule has 3 saturated carbocycles. The highest BCUT2D eigenvalue weighted by Crippen LogP contribution is 2.61. The van der Waals surface area contributed by atoms with Crippen LogP contribution in [0.4, 0.5) is 0 Å². The molecule has 1 heteroatoms. The molecule has 0 saturated heterocycles. The van der Waals surface area contributed by atoms with Gasteiger partial charge in [-0.15, -0.1) is 0 Å². The lowest BCUT2D eigenvalue weighted by Crippen LogP contribution is -2.46. The second-order valence-corrected chi connectivity index (χ2v) is 7.30. The van der Waals surface area contributed by atoms with Crippen LogP contribution in [-0.2, 0) is 0 Å². The summed E-state index contributed by atoms with van der Waals surface area (Å²) in [7, 11) is 0. The third-order valence-electron chi connectivity index (χ3n) is 5.54. The van der Waals surface area contributed by atoms with E-state index in [-0.39, 0.29) is 0 Å². The second-order valence-electron chi connectivity index (χ2n) is 7.30. The fraction of sp³-hybridized carbons (Fsp3) is 1.00. The fourth-order valence-corrected chi connectivity index (χ4v) is 3.78. The molecule has 1 unspecified atom stereocenters. The highest BCUT2D eigenvalue weighted by atomic mass is 15.0. The summed E-state index contributed by atoms with van der Waals surface area (Å²) in [5, 5.41) is 3.94. The van der Waals surface area contributed by atoms with Gasteiger partial charge in [-0.3, -0.25) is 0 Å². The lowest BCUT2D eigenvalue weighted by molar-refractivity contribution is 0.158. The normalized spacial score (nSPS) is 36.0. The quantitative estimate of drug-likeness (QED) is 0.762. The smallest absolute Gasteiger partial charge is 0.0118 e. The number of rotatable bonds is 4. The third kappa shape index (κ3) is 2.03. The molecule has 0 amide bonds. The van der Waals surface area contributed by atoms with Gasteiger partial charge in [-0.1, -0.05) is 26.7 Å². The zero-order valence-electron chi connectivity index (χ0n) is 11.0. The van der Waals surface area contributed by atoms with E-state index in [4.69, 9.17) is 0 Å². The van der Waals surface area contributed by atoms with Crippen LogP contribution in [-0.4, -0.2) is 12.6 Å². The van der Waals surface area contributed by atoms with E-state index >= 15 is 0 Å². The van der Waals surface area contributed by atoms with Crippen LogP contribution in [0.5, 0.6) is 0 Å². The Labute approximate surface area is 100 Å². The standard InChI is InChI=1S/C15H27N/c1-14(2)8-4-3-5-13(14)16-11-15(9-10-15)12-6-7-12/h12-13,16H,3-11H2,1-2H3. The summed E-state index contributed by atoms with van der Waals surface area (Å²) in [6, 6.07) is 0.789. The first kappa shape index (κ1) is 11.1. The maximum Gasteiger partial charge on any atom is 0.0118 e. The van der Waals surface area contributed by atoms with E-state index in [9.17, 15) is 0 Å². The molecule has 1 atom stereocenters. The van der Waals surface area contributed by atoms with Gasteiger partial charge in [-0.2, -0.15) is 0 Å². The van der Waals surface area contributed by atoms with Crippen molar-refractivity contribution in [2.75, 3.05) is 6.54 Å². The van der Waals surface area contributed by atoms with Gasteiger partial charge < -0.3 is 5.32 Å². The molecule has 1 nitrogen and oxygen atoms in total. The summed E-state index contributed by atoms with van der Waals surface area (Å²) in [6.07, 6.45) is 11.8. The van der Waals surface area contributed by atoms with Crippen molar-refractivity contribution in [2.24, 2.45) is 16.7 Å². The van der Waals surface area contributed by atoms with Crippen molar-refractivity contribution in [1.29, 1.82) is 0 Å². The van der Waals surface area contributed by atoms with Crippen molar-refractivity contribution in [1.82, 2.24) is 5.32 Å². The molecule has 3 rings (SSSR count). The highest BCUT2D eigenvalue weighted by molar-refractivity contribution is 5.06. The van der Waals surface area contributed by atoms with Gasteiger partial charge in [-0.05, 0) is 55.3 Å². The van der Waals surface area contributed by atoms with Crippen molar-refractivity contribution < 1.29 is 0 Å². The molecule has 0 aromatic rings. The molecule has 0 aliphatic heterocycles. The third-order valence-corrected chi connectivity index (χ3v) is 5.54. The fourth-order valence-electron chi connectivity index (χ4n) is 3.78. The molecule has 92 valence electrons. The van der Waals surface area contributed by atoms with E-state index in [0.29, 0.717) is 5.41 Å². The molecule has 3 fully saturated rings. The minimum absolute atomic E-state index is 0.540. The molecule has 0 bridgehead atoms. The van der Waals surface area contributed by atoms with Crippen molar-refractivity contribution in [3.8, 4) is 0 Å². The van der Waals surface area contributed by atoms with E-state index < -0.39 is 0 Å². The summed E-state index contributed by atoms with van der Waals surface area (Å²) in [5.74, 6) is 1.10. The topological polar surface area (TPSA) is 12.0 Å². The summed E-state index contributed by atoms with van der Waals surface area (Å²) < 4.78 is 0. The Balaban J connectivity index is 1.54. The SMILES string of the molecule is CC1(C)CCCCC1NCC1(C2CC2)CC1. The van der Waals surface area contributed by atoms with Crippen LogP contribution in [0.3, 0.4) is 0 Å². The molecule has 3 aliphatic carbocycles. The Morgan fingerprint density at radius 3 is 2.31 bits per heavy atom. The molecule has 1 N–H and O–H groups in total. The van der Waals surface area contributed by atoms with E-state index in [0.717, 1.165) is 17.4 Å². The average Bonchev–Trinajstić information content (AvgIpc) is 3.09. The van der Waals surface area contributed by atoms with Gasteiger partial charge in [0.1, 0.15) is 0 Å². The summed E-state index contributed by atoms with van der Waals surface area (Å²) in [5.41, 5.74) is 1.31. The first-order valence-electron chi connectivity index (χ1n) is 7.36. The maximum absolute atomic E-state index is 3.94. The Morgan fingerprint density at radius 2 is 1.75 bits per heavy atom. The predicted octanol–water partition coefficient (Wildman–Crippen LogP) is 3.74. The van der Waals surface area contributed by atoms with Crippen LogP contribution in [0.25, 0.3) is 0 Å². The van der Waals surface area contributed by atoms with E-state index in [1.54, 1.807) is 0 Å². The number of hydrogen-bond acceptors (Lipinski definition) is 1. The lowest BCUT2D eigenvalue weighted by atomic mass is 9.73. The Morgan fingerprint density at radius 1 is 1.00 bits per heavy atom. The molecule has 0 spiro atoms. The molecule has 0 aromatic carbocycles. The first-order chi connectivity index (χ1) is 7.62. The van der Waals surface area contributed by atoms with Crippen LogP contribution >= 0.6 is 0 Å². The second kappa shape index (κ2) is 3.73. The number of hydrogen-bond donors (Lipinski definition) is 1. The highest BCUT2D eigenvalue weighted by Gasteiger charge is 2.53. The van der Waals surface area contributed by atoms with Crippen LogP contribution < -0.4 is 5.32 Å². The molecule has 0 heterocycles. The number of nitrogens with one attached hydrogen (secondary N) is 1. The summed E-state index contributed by atoms with van der Waals surface area (Å²) in [4.78, 5) is 0. The van der Waals surface area contributed by atoms with E-state index in [1.165, 1.54) is 57.9 Å². The lowest BCUT2D eigenvalue weighted by Gasteiger charge is -2.40. The Bertz CT molecular complexity index is 261. The van der Waals surface area contributed by atoms with Crippen LogP contribution in [0.15, 0.2) is 0 Å². The zero-order chi connectivity index (χ0) is 11.2. The van der Waals surface area contributed by atoms with Crippen LogP contribution in [0, 0.1) is 16.7 Å². The molecule has 0 aromatic heterocycles. The molecule has 16 heavy (non-hydrogen) atoms. The molecular formula is C15H27N. The van der Waals surface area contributed by atoms with Gasteiger partial charge >= 0.3 is 0 Å². The Hall–Kier alpha value is -0.0400. The Kier molecular flexibility index (Phi) is 2.58. The van der Waals surface area contributed by atoms with Crippen molar-refractivity contribution >= 4 is 0 Å². The monoisotopic (exact) mass is 221 g/mol. The molecular weight excluding hydrogens is 194 g/mol. The molecule has 0 radical (unpaired) electrons. The van der Waals surface area contributed by atoms with Gasteiger partial charge in [0.05, 0.1) is 0 Å². The van der Waals surface area contributed by atoms with Gasteiger partial charge in [-0.25, -0.2) is 0 Å². The largest absolute Gasteiger partial charge is 0.313 e. The van der Waals surface area contributed by atoms with Crippen molar-refractivity contribution in [3.63, 3.8) is 0 Å². The van der Waals surface area contributed by atoms with Gasteiger partial charge in [0.25, 0.3) is 0 Å².